The second-order valence-corrected chi connectivity index (χ2v) is 3.11. The predicted molar refractivity (Wildman–Crippen MR) is 54.3 cm³/mol. The molecule has 4 nitrogen and oxygen atoms in total. The predicted octanol–water partition coefficient (Wildman–Crippen LogP) is 1.29. The SMILES string of the molecule is CN(C)c1ccc(O)c(CN=C=O)c1. The number of isocyanates is 1. The topological polar surface area (TPSA) is 52.9 Å². The molecule has 0 bridgehead atoms. The van der Waals surface area contributed by atoms with Crippen LogP contribution in [0.25, 0.3) is 0 Å². The molecule has 0 aliphatic carbocycles. The summed E-state index contributed by atoms with van der Waals surface area (Å²) in [5.41, 5.74) is 1.58. The van der Waals surface area contributed by atoms with Gasteiger partial charge in [0.2, 0.25) is 6.08 Å². The van der Waals surface area contributed by atoms with Gasteiger partial charge in [0.05, 0.1) is 6.54 Å². The molecule has 1 aromatic rings. The summed E-state index contributed by atoms with van der Waals surface area (Å²) in [5, 5.41) is 9.44. The Balaban J connectivity index is 3.01. The van der Waals surface area contributed by atoms with E-state index in [1.807, 2.05) is 19.0 Å². The number of aromatic hydroxyl groups is 1. The molecule has 0 unspecified atom stereocenters. The number of rotatable bonds is 3. The van der Waals surface area contributed by atoms with Gasteiger partial charge >= 0.3 is 0 Å². The van der Waals surface area contributed by atoms with E-state index in [0.717, 1.165) is 5.69 Å². The number of phenols is 1. The van der Waals surface area contributed by atoms with E-state index in [2.05, 4.69) is 4.99 Å². The van der Waals surface area contributed by atoms with E-state index < -0.39 is 0 Å². The maximum atomic E-state index is 9.92. The molecule has 0 aliphatic rings. The number of hydrogen-bond donors (Lipinski definition) is 1. The number of phenolic OH excluding ortho intramolecular Hbond substituents is 1. The summed E-state index contributed by atoms with van der Waals surface area (Å²) in [4.78, 5) is 15.3. The number of hydrogen-bond acceptors (Lipinski definition) is 4. The minimum atomic E-state index is 0.148. The maximum Gasteiger partial charge on any atom is 0.235 e. The largest absolute Gasteiger partial charge is 0.508 e. The molecule has 14 heavy (non-hydrogen) atoms. The number of benzene rings is 1. The minimum absolute atomic E-state index is 0.148. The molecule has 0 saturated carbocycles. The van der Waals surface area contributed by atoms with Crippen LogP contribution in [0.15, 0.2) is 23.2 Å². The van der Waals surface area contributed by atoms with Crippen LogP contribution in [0.1, 0.15) is 5.56 Å². The van der Waals surface area contributed by atoms with Crippen LogP contribution in [0, 0.1) is 0 Å². The van der Waals surface area contributed by atoms with E-state index >= 15 is 0 Å². The van der Waals surface area contributed by atoms with Gasteiger partial charge in [0.15, 0.2) is 0 Å². The first kappa shape index (κ1) is 10.3. The minimum Gasteiger partial charge on any atom is -0.508 e. The molecule has 0 saturated heterocycles. The van der Waals surface area contributed by atoms with Gasteiger partial charge in [0.25, 0.3) is 0 Å². The lowest BCUT2D eigenvalue weighted by molar-refractivity contribution is 0.468. The van der Waals surface area contributed by atoms with Gasteiger partial charge in [-0.1, -0.05) is 0 Å². The van der Waals surface area contributed by atoms with Gasteiger partial charge in [-0.2, -0.15) is 0 Å². The van der Waals surface area contributed by atoms with Crippen molar-refractivity contribution in [1.82, 2.24) is 0 Å². The van der Waals surface area contributed by atoms with Gasteiger partial charge in [0.1, 0.15) is 5.75 Å². The van der Waals surface area contributed by atoms with E-state index in [1.54, 1.807) is 18.2 Å². The monoisotopic (exact) mass is 192 g/mol. The zero-order valence-electron chi connectivity index (χ0n) is 8.19. The third kappa shape index (κ3) is 2.34. The molecule has 0 fully saturated rings. The first-order valence-electron chi connectivity index (χ1n) is 4.18. The first-order valence-corrected chi connectivity index (χ1v) is 4.18. The number of aliphatic imine (C=N–C) groups is 1. The smallest absolute Gasteiger partial charge is 0.235 e. The molecule has 0 spiro atoms. The van der Waals surface area contributed by atoms with Crippen molar-refractivity contribution in [3.05, 3.63) is 23.8 Å². The molecular formula is C10H12N2O2. The van der Waals surface area contributed by atoms with Crippen LogP contribution in [0.3, 0.4) is 0 Å². The van der Waals surface area contributed by atoms with Crippen molar-refractivity contribution >= 4 is 11.8 Å². The highest BCUT2D eigenvalue weighted by atomic mass is 16.3. The third-order valence-electron chi connectivity index (χ3n) is 1.89. The number of anilines is 1. The van der Waals surface area contributed by atoms with Crippen LogP contribution in [-0.2, 0) is 11.3 Å². The van der Waals surface area contributed by atoms with Gasteiger partial charge in [-0.3, -0.25) is 0 Å². The molecule has 0 atom stereocenters. The zero-order valence-corrected chi connectivity index (χ0v) is 8.19. The number of carbonyl (C=O) groups excluding carboxylic acids is 1. The lowest BCUT2D eigenvalue weighted by atomic mass is 10.1. The summed E-state index contributed by atoms with van der Waals surface area (Å²) >= 11 is 0. The van der Waals surface area contributed by atoms with E-state index in [1.165, 1.54) is 6.08 Å². The normalized spacial score (nSPS) is 9.29. The average Bonchev–Trinajstić information content (AvgIpc) is 2.16. The third-order valence-corrected chi connectivity index (χ3v) is 1.89. The summed E-state index contributed by atoms with van der Waals surface area (Å²) in [6.07, 6.45) is 1.44. The van der Waals surface area contributed by atoms with Gasteiger partial charge in [0, 0.05) is 25.3 Å². The Morgan fingerprint density at radius 2 is 2.21 bits per heavy atom. The van der Waals surface area contributed by atoms with Gasteiger partial charge < -0.3 is 10.0 Å². The second-order valence-electron chi connectivity index (χ2n) is 3.11. The Hall–Kier alpha value is -1.80. The molecule has 74 valence electrons. The fraction of sp³-hybridized carbons (Fsp3) is 0.300. The van der Waals surface area contributed by atoms with E-state index in [9.17, 15) is 9.90 Å². The molecule has 1 N–H and O–H groups in total. The lowest BCUT2D eigenvalue weighted by Crippen LogP contribution is -2.08. The van der Waals surface area contributed by atoms with Crippen molar-refractivity contribution in [2.75, 3.05) is 19.0 Å². The van der Waals surface area contributed by atoms with Crippen molar-refractivity contribution in [3.63, 3.8) is 0 Å². The average molecular weight is 192 g/mol. The molecule has 0 radical (unpaired) electrons. The van der Waals surface area contributed by atoms with Crippen LogP contribution < -0.4 is 4.90 Å². The van der Waals surface area contributed by atoms with Crippen molar-refractivity contribution < 1.29 is 9.90 Å². The van der Waals surface area contributed by atoms with E-state index in [0.29, 0.717) is 5.56 Å². The van der Waals surface area contributed by atoms with Gasteiger partial charge in [-0.25, -0.2) is 9.79 Å². The van der Waals surface area contributed by atoms with Crippen molar-refractivity contribution in [2.24, 2.45) is 4.99 Å². The van der Waals surface area contributed by atoms with E-state index in [4.69, 9.17) is 0 Å². The number of nitrogens with zero attached hydrogens (tertiary/aromatic N) is 2. The van der Waals surface area contributed by atoms with Gasteiger partial charge in [-0.15, -0.1) is 0 Å². The lowest BCUT2D eigenvalue weighted by Gasteiger charge is -2.13. The van der Waals surface area contributed by atoms with Crippen molar-refractivity contribution in [2.45, 2.75) is 6.54 Å². The first-order chi connectivity index (χ1) is 6.65. The van der Waals surface area contributed by atoms with Crippen molar-refractivity contribution in [3.8, 4) is 5.75 Å². The molecule has 0 amide bonds. The zero-order chi connectivity index (χ0) is 10.6. The molecule has 0 aromatic heterocycles. The Kier molecular flexibility index (Phi) is 3.26. The highest BCUT2D eigenvalue weighted by molar-refractivity contribution is 5.52. The molecule has 0 heterocycles. The Bertz CT molecular complexity index is 368. The molecule has 0 aliphatic heterocycles. The maximum absolute atomic E-state index is 9.92. The second kappa shape index (κ2) is 4.44. The van der Waals surface area contributed by atoms with Crippen LogP contribution in [-0.4, -0.2) is 25.3 Å². The van der Waals surface area contributed by atoms with Crippen LogP contribution >= 0.6 is 0 Å². The quantitative estimate of drug-likeness (QED) is 0.580. The van der Waals surface area contributed by atoms with Crippen LogP contribution in [0.4, 0.5) is 5.69 Å². The summed E-state index contributed by atoms with van der Waals surface area (Å²) < 4.78 is 0. The molecule has 1 rings (SSSR count). The fourth-order valence-corrected chi connectivity index (χ4v) is 1.09. The standard InChI is InChI=1S/C10H12N2O2/c1-12(2)9-3-4-10(14)8(5-9)6-11-7-13/h3-5,14H,6H2,1-2H3. The molecular weight excluding hydrogens is 180 g/mol. The van der Waals surface area contributed by atoms with Crippen molar-refractivity contribution in [1.29, 1.82) is 0 Å². The highest BCUT2D eigenvalue weighted by Crippen LogP contribution is 2.23. The van der Waals surface area contributed by atoms with E-state index in [-0.39, 0.29) is 12.3 Å². The van der Waals surface area contributed by atoms with Crippen LogP contribution in [0.2, 0.25) is 0 Å². The summed E-state index contributed by atoms with van der Waals surface area (Å²) in [6.45, 7) is 0.164. The summed E-state index contributed by atoms with van der Waals surface area (Å²) in [6, 6.07) is 5.17. The summed E-state index contributed by atoms with van der Waals surface area (Å²) in [5.74, 6) is 0.148. The fourth-order valence-electron chi connectivity index (χ4n) is 1.09. The summed E-state index contributed by atoms with van der Waals surface area (Å²) in [7, 11) is 3.80. The molecule has 1 aromatic carbocycles. The van der Waals surface area contributed by atoms with Crippen LogP contribution in [0.5, 0.6) is 5.75 Å². The van der Waals surface area contributed by atoms with Gasteiger partial charge in [-0.05, 0) is 18.2 Å². The Morgan fingerprint density at radius 3 is 2.79 bits per heavy atom. The molecule has 4 heteroatoms. The Labute approximate surface area is 82.5 Å². The highest BCUT2D eigenvalue weighted by Gasteiger charge is 2.02. The Morgan fingerprint density at radius 1 is 1.50 bits per heavy atom.